The van der Waals surface area contributed by atoms with Crippen LogP contribution in [0.25, 0.3) is 0 Å². The summed E-state index contributed by atoms with van der Waals surface area (Å²) in [5, 5.41) is 16.8. The molecule has 6 rings (SSSR count). The van der Waals surface area contributed by atoms with E-state index in [0.29, 0.717) is 44.7 Å². The summed E-state index contributed by atoms with van der Waals surface area (Å²) in [6.45, 7) is 24.7. The molecule has 0 spiro atoms. The molecule has 1 unspecified atom stereocenters. The number of hydrogen-bond acceptors (Lipinski definition) is 15. The Bertz CT molecular complexity index is 1810. The van der Waals surface area contributed by atoms with Crippen LogP contribution in [0.15, 0.2) is 29.7 Å². The molecule has 1 aromatic heterocycles. The van der Waals surface area contributed by atoms with Gasteiger partial charge in [0.15, 0.2) is 17.3 Å². The zero-order chi connectivity index (χ0) is 46.3. The van der Waals surface area contributed by atoms with Crippen LogP contribution in [0.5, 0.6) is 0 Å². The number of aliphatic hydroxyl groups is 1. The fourth-order valence-electron chi connectivity index (χ4n) is 5.89. The van der Waals surface area contributed by atoms with Crippen LogP contribution in [-0.4, -0.2) is 157 Å². The molecule has 6 heterocycles. The zero-order valence-corrected chi connectivity index (χ0v) is 38.3. The summed E-state index contributed by atoms with van der Waals surface area (Å²) in [6.07, 6.45) is 4.12. The van der Waals surface area contributed by atoms with Crippen LogP contribution in [0.1, 0.15) is 101 Å². The second-order valence-corrected chi connectivity index (χ2v) is 19.4. The van der Waals surface area contributed by atoms with Crippen molar-refractivity contribution in [3.8, 4) is 0 Å². The van der Waals surface area contributed by atoms with Crippen molar-refractivity contribution >= 4 is 35.9 Å². The molecule has 0 aromatic carbocycles. The van der Waals surface area contributed by atoms with Crippen molar-refractivity contribution in [3.63, 3.8) is 0 Å². The number of amides is 4. The van der Waals surface area contributed by atoms with Gasteiger partial charge < -0.3 is 39.3 Å². The first-order valence-corrected chi connectivity index (χ1v) is 20.1. The van der Waals surface area contributed by atoms with Gasteiger partial charge in [0.25, 0.3) is 0 Å². The number of aromatic amines is 1. The van der Waals surface area contributed by atoms with Gasteiger partial charge in [-0.15, -0.1) is 0 Å². The number of Topliss-reactive ketones (excluding diaryl/α,β-unsaturated/α-hetero) is 2. The smallest absolute Gasteiger partial charge is 0.411 e. The SMILES string of the molecule is CC(C)(C)OC(=O)N1CC2=CNNC2(O)C1.CC(C)(C)OC(=O)N1CCC(=O)C1.CC(C)(C)OC(=O)N1Cc2cn[nH]c2C1.CN(C)/C=C1/CN(C(=O)OC(C)(C)C)CC1=O. The van der Waals surface area contributed by atoms with Crippen LogP contribution in [0, 0.1) is 0 Å². The molecule has 342 valence electrons. The predicted molar refractivity (Wildman–Crippen MR) is 223 cm³/mol. The van der Waals surface area contributed by atoms with Crippen molar-refractivity contribution in [2.24, 2.45) is 0 Å². The van der Waals surface area contributed by atoms with Crippen molar-refractivity contribution in [2.75, 3.05) is 53.4 Å². The average Bonchev–Trinajstić information content (AvgIpc) is 3.90. The molecule has 0 radical (unpaired) electrons. The second-order valence-electron chi connectivity index (χ2n) is 19.4. The second kappa shape index (κ2) is 19.6. The molecule has 4 amide bonds. The highest BCUT2D eigenvalue weighted by atomic mass is 16.6. The van der Waals surface area contributed by atoms with Crippen molar-refractivity contribution < 1.29 is 52.8 Å². The molecule has 4 N–H and O–H groups in total. The summed E-state index contributed by atoms with van der Waals surface area (Å²) in [4.78, 5) is 76.9. The highest BCUT2D eigenvalue weighted by Gasteiger charge is 2.46. The molecular formula is C41H67N9O11. The maximum Gasteiger partial charge on any atom is 0.411 e. The lowest BCUT2D eigenvalue weighted by Crippen LogP contribution is -2.50. The van der Waals surface area contributed by atoms with E-state index in [-0.39, 0.29) is 37.3 Å². The lowest BCUT2D eigenvalue weighted by atomic mass is 10.1. The first-order chi connectivity index (χ1) is 27.8. The molecule has 1 atom stereocenters. The van der Waals surface area contributed by atoms with Gasteiger partial charge in [0.1, 0.15) is 22.4 Å². The van der Waals surface area contributed by atoms with E-state index >= 15 is 0 Å². The summed E-state index contributed by atoms with van der Waals surface area (Å²) in [7, 11) is 3.69. The van der Waals surface area contributed by atoms with Crippen LogP contribution in [-0.2, 0) is 41.6 Å². The standard InChI is InChI=1S/C12H20N2O3.C10H17N3O3.C10H15N3O2.C9H15NO3/c1-12(2,3)17-11(16)14-7-9(6-13(4)5)10(15)8-14;1-9(2,3)16-8(14)13-5-7-4-11-12-10(7,15)6-13;1-10(2,3)15-9(14)13-5-7-4-11-12-8(7)6-13;1-9(2,3)13-8(12)10-5-4-7(11)6-10/h6H,7-8H2,1-5H3;4,11-12,15H,5-6H2,1-3H3;4H,5-6H2,1-3H3,(H,11,12);4-6H2,1-3H3/b9-6-;;;. The summed E-state index contributed by atoms with van der Waals surface area (Å²) in [5.74, 6) is 0.0791. The maximum atomic E-state index is 11.8. The Morgan fingerprint density at radius 1 is 0.705 bits per heavy atom. The summed E-state index contributed by atoms with van der Waals surface area (Å²) >= 11 is 0. The lowest BCUT2D eigenvalue weighted by molar-refractivity contribution is -0.117. The highest BCUT2D eigenvalue weighted by molar-refractivity contribution is 6.01. The van der Waals surface area contributed by atoms with E-state index in [1.807, 2.05) is 76.4 Å². The van der Waals surface area contributed by atoms with Gasteiger partial charge in [-0.05, 0) is 83.1 Å². The quantitative estimate of drug-likeness (QED) is 0.231. The minimum Gasteiger partial charge on any atom is -0.444 e. The Morgan fingerprint density at radius 2 is 1.20 bits per heavy atom. The van der Waals surface area contributed by atoms with Crippen molar-refractivity contribution in [3.05, 3.63) is 41.0 Å². The molecule has 61 heavy (non-hydrogen) atoms. The van der Waals surface area contributed by atoms with Gasteiger partial charge >= 0.3 is 24.4 Å². The molecule has 0 aliphatic carbocycles. The van der Waals surface area contributed by atoms with Gasteiger partial charge in [-0.3, -0.25) is 29.4 Å². The number of fused-ring (bicyclic) bond motifs is 2. The number of H-pyrrole nitrogens is 1. The van der Waals surface area contributed by atoms with Crippen LogP contribution in [0.4, 0.5) is 19.2 Å². The monoisotopic (exact) mass is 861 g/mol. The van der Waals surface area contributed by atoms with Crippen molar-refractivity contribution in [2.45, 2.75) is 131 Å². The Morgan fingerprint density at radius 3 is 1.64 bits per heavy atom. The number of nitrogens with zero attached hydrogens (tertiary/aromatic N) is 6. The van der Waals surface area contributed by atoms with Crippen molar-refractivity contribution in [1.29, 1.82) is 0 Å². The zero-order valence-electron chi connectivity index (χ0n) is 38.3. The van der Waals surface area contributed by atoms with E-state index in [9.17, 15) is 33.9 Å². The van der Waals surface area contributed by atoms with Crippen molar-refractivity contribution in [1.82, 2.24) is 45.5 Å². The average molecular weight is 862 g/mol. The number of β-amino-alcohol motifs (C(OH)–C–C–N with tert-alkyl or cyclic N) is 1. The fraction of sp³-hybridized carbons (Fsp3) is 0.683. The minimum atomic E-state index is -1.14. The van der Waals surface area contributed by atoms with Gasteiger partial charge in [-0.1, -0.05) is 0 Å². The number of carbonyl (C=O) groups excluding carboxylic acids is 6. The number of hydrogen-bond donors (Lipinski definition) is 4. The minimum absolute atomic E-state index is 0.0236. The number of ether oxygens (including phenoxy) is 4. The Kier molecular flexibility index (Phi) is 16.0. The summed E-state index contributed by atoms with van der Waals surface area (Å²) in [5.41, 5.74) is 5.78. The maximum absolute atomic E-state index is 11.8. The number of hydrazine groups is 1. The first kappa shape index (κ1) is 50.0. The van der Waals surface area contributed by atoms with E-state index in [0.717, 1.165) is 16.8 Å². The van der Waals surface area contributed by atoms with Gasteiger partial charge in [0.2, 0.25) is 0 Å². The molecular weight excluding hydrogens is 795 g/mol. The third kappa shape index (κ3) is 16.5. The molecule has 1 aromatic rings. The fourth-order valence-corrected chi connectivity index (χ4v) is 5.89. The van der Waals surface area contributed by atoms with Crippen LogP contribution >= 0.6 is 0 Å². The Labute approximate surface area is 358 Å². The Hall–Kier alpha value is -5.37. The normalized spacial score (nSPS) is 20.2. The number of likely N-dealkylation sites (tertiary alicyclic amines) is 3. The number of carbonyl (C=O) groups is 6. The molecule has 20 nitrogen and oxygen atoms in total. The van der Waals surface area contributed by atoms with Crippen LogP contribution < -0.4 is 10.9 Å². The lowest BCUT2D eigenvalue weighted by Gasteiger charge is -2.25. The highest BCUT2D eigenvalue weighted by Crippen LogP contribution is 2.28. The number of rotatable bonds is 1. The molecule has 5 aliphatic heterocycles. The van der Waals surface area contributed by atoms with Gasteiger partial charge in [0, 0.05) is 56.2 Å². The van der Waals surface area contributed by atoms with E-state index in [4.69, 9.17) is 18.9 Å². The largest absolute Gasteiger partial charge is 0.444 e. The van der Waals surface area contributed by atoms with E-state index in [2.05, 4.69) is 21.0 Å². The van der Waals surface area contributed by atoms with E-state index < -0.39 is 46.4 Å². The van der Waals surface area contributed by atoms with Crippen LogP contribution in [0.3, 0.4) is 0 Å². The first-order valence-electron chi connectivity index (χ1n) is 20.1. The molecule has 3 saturated heterocycles. The Balaban J connectivity index is 0.000000218. The third-order valence-corrected chi connectivity index (χ3v) is 8.46. The van der Waals surface area contributed by atoms with Gasteiger partial charge in [-0.2, -0.15) is 5.10 Å². The molecule has 3 fully saturated rings. The third-order valence-electron chi connectivity index (χ3n) is 8.46. The summed E-state index contributed by atoms with van der Waals surface area (Å²) < 4.78 is 20.8. The number of aromatic nitrogens is 2. The van der Waals surface area contributed by atoms with Gasteiger partial charge in [-0.25, -0.2) is 24.6 Å². The summed E-state index contributed by atoms with van der Waals surface area (Å²) in [6, 6.07) is 0. The number of ketones is 2. The number of nitrogens with one attached hydrogen (secondary N) is 3. The van der Waals surface area contributed by atoms with Crippen LogP contribution in [0.2, 0.25) is 0 Å². The molecule has 0 saturated carbocycles. The molecule has 0 bridgehead atoms. The van der Waals surface area contributed by atoms with Gasteiger partial charge in [0.05, 0.1) is 57.7 Å². The van der Waals surface area contributed by atoms with E-state index in [1.54, 1.807) is 49.2 Å². The predicted octanol–water partition coefficient (Wildman–Crippen LogP) is 4.03. The molecule has 5 aliphatic rings. The topological polar surface area (TPSA) is 229 Å². The molecule has 20 heteroatoms. The van der Waals surface area contributed by atoms with E-state index in [1.165, 1.54) is 14.7 Å².